The Morgan fingerprint density at radius 3 is 2.59 bits per heavy atom. The molecule has 1 aliphatic carbocycles. The second-order valence-corrected chi connectivity index (χ2v) is 8.20. The van der Waals surface area contributed by atoms with Gasteiger partial charge in [-0.1, -0.05) is 12.5 Å². The standard InChI is InChI=1S/C23H30N2O2/c1-17(26)18-11-13-25(14-12-18)16-20-8-7-19-15-22(9-10-23(19)24-20)27-21-5-3-2-4-6-21/h7-10,15,18,21H,2-6,11-14,16H2,1H3. The van der Waals surface area contributed by atoms with Crippen molar-refractivity contribution in [2.75, 3.05) is 13.1 Å². The van der Waals surface area contributed by atoms with E-state index in [1.807, 2.05) is 0 Å². The Hall–Kier alpha value is -1.94. The van der Waals surface area contributed by atoms with Crippen LogP contribution < -0.4 is 4.74 Å². The van der Waals surface area contributed by atoms with Crippen LogP contribution in [0, 0.1) is 5.92 Å². The van der Waals surface area contributed by atoms with E-state index in [9.17, 15) is 4.79 Å². The number of likely N-dealkylation sites (tertiary alicyclic amines) is 1. The summed E-state index contributed by atoms with van der Waals surface area (Å²) in [7, 11) is 0. The fraction of sp³-hybridized carbons (Fsp3) is 0.565. The van der Waals surface area contributed by atoms with E-state index < -0.39 is 0 Å². The first kappa shape index (κ1) is 18.4. The van der Waals surface area contributed by atoms with Gasteiger partial charge in [-0.3, -0.25) is 14.7 Å². The van der Waals surface area contributed by atoms with Crippen molar-refractivity contribution in [3.8, 4) is 5.75 Å². The first-order valence-electron chi connectivity index (χ1n) is 10.5. The zero-order chi connectivity index (χ0) is 18.6. The summed E-state index contributed by atoms with van der Waals surface area (Å²) in [6.07, 6.45) is 8.60. The Kier molecular flexibility index (Phi) is 5.72. The largest absolute Gasteiger partial charge is 0.490 e. The lowest BCUT2D eigenvalue weighted by molar-refractivity contribution is -0.122. The topological polar surface area (TPSA) is 42.4 Å². The van der Waals surface area contributed by atoms with Crippen LogP contribution in [0.2, 0.25) is 0 Å². The lowest BCUT2D eigenvalue weighted by Crippen LogP contribution is -2.35. The zero-order valence-electron chi connectivity index (χ0n) is 16.3. The SMILES string of the molecule is CC(=O)C1CCN(Cc2ccc3cc(OC4CCCCC4)ccc3n2)CC1. The molecule has 4 nitrogen and oxygen atoms in total. The maximum Gasteiger partial charge on any atom is 0.133 e. The number of fused-ring (bicyclic) bond motifs is 1. The number of piperidine rings is 1. The van der Waals surface area contributed by atoms with Gasteiger partial charge < -0.3 is 4.74 Å². The molecule has 0 amide bonds. The summed E-state index contributed by atoms with van der Waals surface area (Å²) < 4.78 is 6.18. The molecule has 0 radical (unpaired) electrons. The average molecular weight is 367 g/mol. The summed E-state index contributed by atoms with van der Waals surface area (Å²) >= 11 is 0. The van der Waals surface area contributed by atoms with E-state index in [0.717, 1.165) is 54.8 Å². The van der Waals surface area contributed by atoms with Crippen LogP contribution in [0.3, 0.4) is 0 Å². The third-order valence-corrected chi connectivity index (χ3v) is 6.12. The average Bonchev–Trinajstić information content (AvgIpc) is 2.69. The quantitative estimate of drug-likeness (QED) is 0.766. The molecule has 1 aromatic carbocycles. The summed E-state index contributed by atoms with van der Waals surface area (Å²) in [4.78, 5) is 18.8. The molecule has 0 N–H and O–H groups in total. The summed E-state index contributed by atoms with van der Waals surface area (Å²) in [5.41, 5.74) is 2.13. The Balaban J connectivity index is 1.39. The van der Waals surface area contributed by atoms with Crippen LogP contribution >= 0.6 is 0 Å². The predicted molar refractivity (Wildman–Crippen MR) is 108 cm³/mol. The molecule has 2 aliphatic rings. The van der Waals surface area contributed by atoms with E-state index in [2.05, 4.69) is 35.2 Å². The molecular formula is C23H30N2O2. The number of hydrogen-bond acceptors (Lipinski definition) is 4. The lowest BCUT2D eigenvalue weighted by atomic mass is 9.93. The summed E-state index contributed by atoms with van der Waals surface area (Å²) in [5.74, 6) is 1.56. The van der Waals surface area contributed by atoms with Crippen molar-refractivity contribution < 1.29 is 9.53 Å². The van der Waals surface area contributed by atoms with E-state index in [1.165, 1.54) is 32.1 Å². The number of aromatic nitrogens is 1. The summed E-state index contributed by atoms with van der Waals surface area (Å²) in [6, 6.07) is 10.6. The minimum absolute atomic E-state index is 0.258. The number of pyridine rings is 1. The molecule has 4 rings (SSSR count). The van der Waals surface area contributed by atoms with Gasteiger partial charge in [0.05, 0.1) is 17.3 Å². The fourth-order valence-corrected chi connectivity index (χ4v) is 4.41. The van der Waals surface area contributed by atoms with Gasteiger partial charge in [0.15, 0.2) is 0 Å². The molecule has 27 heavy (non-hydrogen) atoms. The van der Waals surface area contributed by atoms with E-state index in [-0.39, 0.29) is 5.92 Å². The van der Waals surface area contributed by atoms with Crippen molar-refractivity contribution in [2.24, 2.45) is 5.92 Å². The Morgan fingerprint density at radius 1 is 1.07 bits per heavy atom. The molecule has 1 saturated carbocycles. The van der Waals surface area contributed by atoms with Gasteiger partial charge in [-0.05, 0) is 82.8 Å². The Bertz CT molecular complexity index is 790. The minimum atomic E-state index is 0.258. The molecular weight excluding hydrogens is 336 g/mol. The number of carbonyl (C=O) groups is 1. The highest BCUT2D eigenvalue weighted by Crippen LogP contribution is 2.26. The van der Waals surface area contributed by atoms with Crippen molar-refractivity contribution >= 4 is 16.7 Å². The highest BCUT2D eigenvalue weighted by molar-refractivity contribution is 5.80. The fourth-order valence-electron chi connectivity index (χ4n) is 4.41. The van der Waals surface area contributed by atoms with Crippen molar-refractivity contribution in [3.63, 3.8) is 0 Å². The minimum Gasteiger partial charge on any atom is -0.490 e. The Labute approximate surface area is 161 Å². The number of rotatable bonds is 5. The highest BCUT2D eigenvalue weighted by Gasteiger charge is 2.22. The number of nitrogens with zero attached hydrogens (tertiary/aromatic N) is 2. The second-order valence-electron chi connectivity index (χ2n) is 8.20. The van der Waals surface area contributed by atoms with Crippen LogP contribution in [0.1, 0.15) is 57.6 Å². The monoisotopic (exact) mass is 366 g/mol. The van der Waals surface area contributed by atoms with Gasteiger partial charge in [-0.2, -0.15) is 0 Å². The molecule has 2 heterocycles. The van der Waals surface area contributed by atoms with Gasteiger partial charge in [0.25, 0.3) is 0 Å². The van der Waals surface area contributed by atoms with Gasteiger partial charge in [-0.25, -0.2) is 0 Å². The zero-order valence-corrected chi connectivity index (χ0v) is 16.3. The second kappa shape index (κ2) is 8.39. The molecule has 0 unspecified atom stereocenters. The van der Waals surface area contributed by atoms with Crippen LogP contribution in [-0.4, -0.2) is 34.9 Å². The van der Waals surface area contributed by atoms with Crippen molar-refractivity contribution in [3.05, 3.63) is 36.0 Å². The van der Waals surface area contributed by atoms with Gasteiger partial charge in [0.2, 0.25) is 0 Å². The van der Waals surface area contributed by atoms with Crippen LogP contribution in [0.4, 0.5) is 0 Å². The number of Topliss-reactive ketones (excluding diaryl/α,β-unsaturated/α-hetero) is 1. The van der Waals surface area contributed by atoms with Gasteiger partial charge in [-0.15, -0.1) is 0 Å². The maximum atomic E-state index is 11.5. The molecule has 1 aliphatic heterocycles. The highest BCUT2D eigenvalue weighted by atomic mass is 16.5. The first-order chi connectivity index (χ1) is 13.2. The molecule has 4 heteroatoms. The van der Waals surface area contributed by atoms with Crippen molar-refractivity contribution in [2.45, 2.75) is 64.5 Å². The maximum absolute atomic E-state index is 11.5. The summed E-state index contributed by atoms with van der Waals surface area (Å²) in [6.45, 7) is 4.55. The van der Waals surface area contributed by atoms with E-state index in [1.54, 1.807) is 6.92 Å². The molecule has 1 saturated heterocycles. The van der Waals surface area contributed by atoms with Gasteiger partial charge in [0, 0.05) is 17.8 Å². The molecule has 2 fully saturated rings. The van der Waals surface area contributed by atoms with Crippen molar-refractivity contribution in [1.29, 1.82) is 0 Å². The normalized spacial score (nSPS) is 20.0. The van der Waals surface area contributed by atoms with E-state index >= 15 is 0 Å². The van der Waals surface area contributed by atoms with Gasteiger partial charge in [0.1, 0.15) is 11.5 Å². The van der Waals surface area contributed by atoms with Crippen molar-refractivity contribution in [1.82, 2.24) is 9.88 Å². The molecule has 0 atom stereocenters. The van der Waals surface area contributed by atoms with Crippen LogP contribution in [0.15, 0.2) is 30.3 Å². The first-order valence-corrected chi connectivity index (χ1v) is 10.5. The van der Waals surface area contributed by atoms with Crippen LogP contribution in [-0.2, 0) is 11.3 Å². The van der Waals surface area contributed by atoms with Crippen LogP contribution in [0.5, 0.6) is 5.75 Å². The molecule has 1 aromatic heterocycles. The smallest absolute Gasteiger partial charge is 0.133 e. The molecule has 0 spiro atoms. The van der Waals surface area contributed by atoms with E-state index in [0.29, 0.717) is 11.9 Å². The number of benzene rings is 1. The lowest BCUT2D eigenvalue weighted by Gasteiger charge is -2.30. The molecule has 2 aromatic rings. The molecule has 0 bridgehead atoms. The number of hydrogen-bond donors (Lipinski definition) is 0. The number of ketones is 1. The number of carbonyl (C=O) groups excluding carboxylic acids is 1. The van der Waals surface area contributed by atoms with Crippen LogP contribution in [0.25, 0.3) is 10.9 Å². The molecule has 144 valence electrons. The Morgan fingerprint density at radius 2 is 1.85 bits per heavy atom. The number of ether oxygens (including phenoxy) is 1. The van der Waals surface area contributed by atoms with Gasteiger partial charge >= 0.3 is 0 Å². The predicted octanol–water partition coefficient (Wildman–Crippen LogP) is 4.75. The third kappa shape index (κ3) is 4.67. The van der Waals surface area contributed by atoms with E-state index in [4.69, 9.17) is 9.72 Å². The summed E-state index contributed by atoms with van der Waals surface area (Å²) in [5, 5.41) is 1.14. The third-order valence-electron chi connectivity index (χ3n) is 6.12.